The molecule has 0 saturated heterocycles. The zero-order valence-electron chi connectivity index (χ0n) is 12.9. The number of phenolic OH excluding ortho intramolecular Hbond substituents is 1. The van der Waals surface area contributed by atoms with Crippen LogP contribution in [0.2, 0.25) is 0 Å². The molecule has 0 atom stereocenters. The van der Waals surface area contributed by atoms with Gasteiger partial charge in [-0.25, -0.2) is 0 Å². The topological polar surface area (TPSA) is 82.3 Å². The molecule has 1 fully saturated rings. The molecule has 0 unspecified atom stereocenters. The number of aromatic hydroxyl groups is 1. The van der Waals surface area contributed by atoms with E-state index in [2.05, 4.69) is 21.2 Å². The monoisotopic (exact) mass is 378 g/mol. The summed E-state index contributed by atoms with van der Waals surface area (Å²) in [6, 6.07) is 5.12. The van der Waals surface area contributed by atoms with Gasteiger partial charge >= 0.3 is 0 Å². The molecule has 0 aromatic heterocycles. The van der Waals surface area contributed by atoms with Crippen molar-refractivity contribution in [2.24, 2.45) is 0 Å². The zero-order chi connectivity index (χ0) is 16.8. The number of nitrogens with zero attached hydrogens (tertiary/aromatic N) is 1. The van der Waals surface area contributed by atoms with Crippen LogP contribution in [0.25, 0.3) is 6.08 Å². The van der Waals surface area contributed by atoms with Gasteiger partial charge in [0.2, 0.25) is 0 Å². The molecule has 2 rings (SSSR count). The standard InChI is InChI=1S/C17H19BrN2O3/c1-23-16-9-14(18)11(8-15(16)21)7-12(10-19)17(22)20-13-5-3-2-4-6-13/h7-9,13,21H,2-6H2,1H3,(H,20,22)/b12-7+. The average Bonchev–Trinajstić information content (AvgIpc) is 2.55. The van der Waals surface area contributed by atoms with Crippen molar-refractivity contribution in [3.8, 4) is 17.6 Å². The summed E-state index contributed by atoms with van der Waals surface area (Å²) in [6.45, 7) is 0. The van der Waals surface area contributed by atoms with Crippen LogP contribution in [0.5, 0.6) is 11.5 Å². The summed E-state index contributed by atoms with van der Waals surface area (Å²) in [7, 11) is 1.45. The molecule has 6 heteroatoms. The van der Waals surface area contributed by atoms with Gasteiger partial charge in [-0.2, -0.15) is 5.26 Å². The highest BCUT2D eigenvalue weighted by Crippen LogP contribution is 2.33. The van der Waals surface area contributed by atoms with E-state index in [1.807, 2.05) is 6.07 Å². The van der Waals surface area contributed by atoms with E-state index < -0.39 is 0 Å². The number of carbonyl (C=O) groups is 1. The van der Waals surface area contributed by atoms with Crippen molar-refractivity contribution in [3.63, 3.8) is 0 Å². The van der Waals surface area contributed by atoms with Crippen molar-refractivity contribution in [2.45, 2.75) is 38.1 Å². The number of ether oxygens (including phenoxy) is 1. The number of halogens is 1. The van der Waals surface area contributed by atoms with Crippen LogP contribution in [0, 0.1) is 11.3 Å². The molecule has 0 heterocycles. The number of benzene rings is 1. The lowest BCUT2D eigenvalue weighted by molar-refractivity contribution is -0.117. The second kappa shape index (κ2) is 8.02. The van der Waals surface area contributed by atoms with E-state index in [-0.39, 0.29) is 23.3 Å². The number of nitriles is 1. The largest absolute Gasteiger partial charge is 0.504 e. The molecule has 1 aliphatic carbocycles. The minimum absolute atomic E-state index is 0.0147. The van der Waals surface area contributed by atoms with Crippen molar-refractivity contribution in [1.29, 1.82) is 5.26 Å². The van der Waals surface area contributed by atoms with E-state index in [0.29, 0.717) is 15.8 Å². The Bertz CT molecular complexity index is 659. The van der Waals surface area contributed by atoms with Crippen LogP contribution in [-0.4, -0.2) is 24.2 Å². The molecule has 0 aliphatic heterocycles. The predicted octanol–water partition coefficient (Wildman–Crippen LogP) is 3.52. The molecule has 23 heavy (non-hydrogen) atoms. The first-order valence-electron chi connectivity index (χ1n) is 7.54. The zero-order valence-corrected chi connectivity index (χ0v) is 14.5. The van der Waals surface area contributed by atoms with E-state index in [1.165, 1.54) is 25.7 Å². The van der Waals surface area contributed by atoms with Crippen LogP contribution in [0.4, 0.5) is 0 Å². The van der Waals surface area contributed by atoms with Gasteiger partial charge in [0.15, 0.2) is 11.5 Å². The number of hydrogen-bond donors (Lipinski definition) is 2. The van der Waals surface area contributed by atoms with Gasteiger partial charge < -0.3 is 15.2 Å². The number of methoxy groups -OCH3 is 1. The summed E-state index contributed by atoms with van der Waals surface area (Å²) in [5, 5.41) is 22.0. The van der Waals surface area contributed by atoms with Gasteiger partial charge in [0.1, 0.15) is 11.6 Å². The quantitative estimate of drug-likeness (QED) is 0.620. The number of phenols is 1. The highest BCUT2D eigenvalue weighted by atomic mass is 79.9. The number of carbonyl (C=O) groups excluding carboxylic acids is 1. The molecule has 5 nitrogen and oxygen atoms in total. The normalized spacial score (nSPS) is 15.8. The second-order valence-electron chi connectivity index (χ2n) is 5.52. The van der Waals surface area contributed by atoms with Crippen LogP contribution >= 0.6 is 15.9 Å². The van der Waals surface area contributed by atoms with Crippen LogP contribution in [0.1, 0.15) is 37.7 Å². The number of rotatable bonds is 4. The maximum Gasteiger partial charge on any atom is 0.262 e. The van der Waals surface area contributed by atoms with Gasteiger partial charge in [-0.3, -0.25) is 4.79 Å². The van der Waals surface area contributed by atoms with Crippen LogP contribution < -0.4 is 10.1 Å². The number of hydrogen-bond acceptors (Lipinski definition) is 4. The lowest BCUT2D eigenvalue weighted by Gasteiger charge is -2.22. The Morgan fingerprint density at radius 1 is 1.43 bits per heavy atom. The molecule has 0 radical (unpaired) electrons. The van der Waals surface area contributed by atoms with Crippen molar-refractivity contribution < 1.29 is 14.6 Å². The van der Waals surface area contributed by atoms with E-state index in [0.717, 1.165) is 25.7 Å². The molecule has 1 aromatic rings. The van der Waals surface area contributed by atoms with Gasteiger partial charge in [-0.1, -0.05) is 35.2 Å². The first-order chi connectivity index (χ1) is 11.0. The average molecular weight is 379 g/mol. The third kappa shape index (κ3) is 4.49. The van der Waals surface area contributed by atoms with Gasteiger partial charge in [-0.15, -0.1) is 0 Å². The smallest absolute Gasteiger partial charge is 0.262 e. The highest BCUT2D eigenvalue weighted by molar-refractivity contribution is 9.10. The molecular formula is C17H19BrN2O3. The second-order valence-corrected chi connectivity index (χ2v) is 6.38. The minimum atomic E-state index is -0.374. The lowest BCUT2D eigenvalue weighted by atomic mass is 9.95. The van der Waals surface area contributed by atoms with E-state index in [1.54, 1.807) is 6.07 Å². The van der Waals surface area contributed by atoms with Gasteiger partial charge in [0, 0.05) is 10.5 Å². The molecule has 1 aromatic carbocycles. The van der Waals surface area contributed by atoms with Gasteiger partial charge in [0.25, 0.3) is 5.91 Å². The van der Waals surface area contributed by atoms with E-state index >= 15 is 0 Å². The summed E-state index contributed by atoms with van der Waals surface area (Å²) in [6.07, 6.45) is 6.78. The minimum Gasteiger partial charge on any atom is -0.504 e. The maximum atomic E-state index is 12.3. The molecule has 1 amide bonds. The fourth-order valence-electron chi connectivity index (χ4n) is 2.65. The van der Waals surface area contributed by atoms with Crippen molar-refractivity contribution in [3.05, 3.63) is 27.7 Å². The van der Waals surface area contributed by atoms with Crippen LogP contribution in [0.3, 0.4) is 0 Å². The lowest BCUT2D eigenvalue weighted by Crippen LogP contribution is -2.36. The Hall–Kier alpha value is -2.00. The van der Waals surface area contributed by atoms with Gasteiger partial charge in [-0.05, 0) is 36.6 Å². The van der Waals surface area contributed by atoms with E-state index in [4.69, 9.17) is 4.74 Å². The third-order valence-corrected chi connectivity index (χ3v) is 4.59. The maximum absolute atomic E-state index is 12.3. The summed E-state index contributed by atoms with van der Waals surface area (Å²) < 4.78 is 5.65. The highest BCUT2D eigenvalue weighted by Gasteiger charge is 2.18. The summed E-state index contributed by atoms with van der Waals surface area (Å²) in [4.78, 5) is 12.3. The van der Waals surface area contributed by atoms with Crippen LogP contribution in [0.15, 0.2) is 22.2 Å². The van der Waals surface area contributed by atoms with Crippen molar-refractivity contribution >= 4 is 27.9 Å². The summed E-state index contributed by atoms with van der Waals surface area (Å²) in [5.41, 5.74) is 0.555. The van der Waals surface area contributed by atoms with Gasteiger partial charge in [0.05, 0.1) is 7.11 Å². The fraction of sp³-hybridized carbons (Fsp3) is 0.412. The Balaban J connectivity index is 2.19. The Kier molecular flexibility index (Phi) is 6.05. The predicted molar refractivity (Wildman–Crippen MR) is 91.0 cm³/mol. The number of nitrogens with one attached hydrogen (secondary N) is 1. The summed E-state index contributed by atoms with van der Waals surface area (Å²) in [5.74, 6) is -0.104. The molecule has 1 saturated carbocycles. The van der Waals surface area contributed by atoms with Crippen molar-refractivity contribution in [2.75, 3.05) is 7.11 Å². The molecule has 0 bridgehead atoms. The third-order valence-electron chi connectivity index (χ3n) is 3.90. The molecule has 0 spiro atoms. The first kappa shape index (κ1) is 17.4. The van der Waals surface area contributed by atoms with E-state index in [9.17, 15) is 15.2 Å². The molecule has 2 N–H and O–H groups in total. The fourth-order valence-corrected chi connectivity index (χ4v) is 3.08. The Morgan fingerprint density at radius 2 is 2.13 bits per heavy atom. The molecule has 1 aliphatic rings. The Labute approximate surface area is 144 Å². The van der Waals surface area contributed by atoms with Crippen molar-refractivity contribution in [1.82, 2.24) is 5.32 Å². The van der Waals surface area contributed by atoms with Crippen LogP contribution in [-0.2, 0) is 4.79 Å². The number of amides is 1. The SMILES string of the molecule is COc1cc(Br)c(/C=C(\C#N)C(=O)NC2CCCCC2)cc1O. The molecule has 122 valence electrons. The summed E-state index contributed by atoms with van der Waals surface area (Å²) >= 11 is 3.35. The Morgan fingerprint density at radius 3 is 2.74 bits per heavy atom. The molecular weight excluding hydrogens is 360 g/mol. The first-order valence-corrected chi connectivity index (χ1v) is 8.33.